The van der Waals surface area contributed by atoms with E-state index in [1.54, 1.807) is 6.92 Å². The van der Waals surface area contributed by atoms with Crippen molar-refractivity contribution in [3.05, 3.63) is 46.7 Å². The van der Waals surface area contributed by atoms with Crippen LogP contribution in [-0.2, 0) is 0 Å². The minimum absolute atomic E-state index is 0.0208. The van der Waals surface area contributed by atoms with Crippen LogP contribution in [0.25, 0.3) is 0 Å². The maximum atomic E-state index is 10.1. The molecule has 0 saturated heterocycles. The minimum atomic E-state index is -0.498. The molecule has 0 fully saturated rings. The van der Waals surface area contributed by atoms with Crippen LogP contribution in [0.4, 0.5) is 0 Å². The van der Waals surface area contributed by atoms with Crippen LogP contribution in [-0.4, -0.2) is 4.92 Å². The Hall–Kier alpha value is -1.38. The number of nitrogens with zero attached hydrogens (tertiary/aromatic N) is 1. The second-order valence-corrected chi connectivity index (χ2v) is 1.88. The first-order chi connectivity index (χ1) is 4.57. The van der Waals surface area contributed by atoms with Gasteiger partial charge in [0.1, 0.15) is 0 Å². The van der Waals surface area contributed by atoms with Gasteiger partial charge in [-0.25, -0.2) is 0 Å². The largest absolute Gasteiger partial charge is 0.269 e. The van der Waals surface area contributed by atoms with Gasteiger partial charge in [-0.15, -0.1) is 0 Å². The first kappa shape index (κ1) is 8.62. The molecule has 0 amide bonds. The predicted octanol–water partition coefficient (Wildman–Crippen LogP) is 1.91. The van der Waals surface area contributed by atoms with E-state index in [1.807, 2.05) is 0 Å². The zero-order valence-corrected chi connectivity index (χ0v) is 5.83. The average molecular weight is 139 g/mol. The van der Waals surface area contributed by atoms with E-state index in [2.05, 4.69) is 13.2 Å². The summed E-state index contributed by atoms with van der Waals surface area (Å²) < 4.78 is 0. The molecule has 0 heterocycles. The number of rotatable bonds is 3. The number of allylic oxidation sites excluding steroid dienone is 3. The van der Waals surface area contributed by atoms with Crippen LogP contribution in [0.5, 0.6) is 0 Å². The lowest BCUT2D eigenvalue weighted by atomic mass is 10.3. The maximum absolute atomic E-state index is 10.1. The van der Waals surface area contributed by atoms with Gasteiger partial charge in [0.05, 0.1) is 4.92 Å². The van der Waals surface area contributed by atoms with Crippen LogP contribution in [0.2, 0.25) is 0 Å². The highest BCUT2D eigenvalue weighted by Crippen LogP contribution is 2.00. The molecule has 0 saturated carbocycles. The maximum Gasteiger partial charge on any atom is 0.269 e. The van der Waals surface area contributed by atoms with Crippen LogP contribution >= 0.6 is 0 Å². The lowest BCUT2D eigenvalue weighted by Crippen LogP contribution is -1.94. The van der Waals surface area contributed by atoms with Crippen LogP contribution in [0.1, 0.15) is 6.92 Å². The van der Waals surface area contributed by atoms with E-state index in [1.165, 1.54) is 12.2 Å². The standard InChI is InChI=1S/C7H9NO2/c1-4-7(8(9)10)5-6(2)3/h4-5H,1-2H2,3H3/b7-5+. The van der Waals surface area contributed by atoms with Gasteiger partial charge in [-0.1, -0.05) is 18.7 Å². The summed E-state index contributed by atoms with van der Waals surface area (Å²) in [5, 5.41) is 10.1. The number of hydrogen-bond acceptors (Lipinski definition) is 2. The second kappa shape index (κ2) is 3.61. The third-order valence-electron chi connectivity index (χ3n) is 0.814. The zero-order chi connectivity index (χ0) is 8.15. The molecule has 10 heavy (non-hydrogen) atoms. The Bertz CT molecular complexity index is 204. The highest BCUT2D eigenvalue weighted by molar-refractivity contribution is 5.20. The van der Waals surface area contributed by atoms with Gasteiger partial charge in [-0.2, -0.15) is 0 Å². The summed E-state index contributed by atoms with van der Waals surface area (Å²) in [5.41, 5.74) is 0.624. The van der Waals surface area contributed by atoms with E-state index in [0.29, 0.717) is 5.57 Å². The molecule has 0 aliphatic rings. The third kappa shape index (κ3) is 2.81. The summed E-state index contributed by atoms with van der Waals surface area (Å²) in [5.74, 6) is 0. The Kier molecular flexibility index (Phi) is 3.11. The molecule has 0 rings (SSSR count). The van der Waals surface area contributed by atoms with Gasteiger partial charge in [0, 0.05) is 12.2 Å². The molecular formula is C7H9NO2. The summed E-state index contributed by atoms with van der Waals surface area (Å²) in [7, 11) is 0. The Labute approximate surface area is 59.5 Å². The fourth-order valence-electron chi connectivity index (χ4n) is 0.439. The average Bonchev–Trinajstić information content (AvgIpc) is 1.81. The third-order valence-corrected chi connectivity index (χ3v) is 0.814. The van der Waals surface area contributed by atoms with Crippen molar-refractivity contribution in [2.45, 2.75) is 6.92 Å². The summed E-state index contributed by atoms with van der Waals surface area (Å²) in [6.45, 7) is 8.47. The van der Waals surface area contributed by atoms with Crippen molar-refractivity contribution in [3.63, 3.8) is 0 Å². The Morgan fingerprint density at radius 3 is 2.30 bits per heavy atom. The first-order valence-electron chi connectivity index (χ1n) is 2.72. The van der Waals surface area contributed by atoms with Gasteiger partial charge in [-0.05, 0) is 6.92 Å². The van der Waals surface area contributed by atoms with Gasteiger partial charge < -0.3 is 0 Å². The fourth-order valence-corrected chi connectivity index (χ4v) is 0.439. The van der Waals surface area contributed by atoms with Crippen LogP contribution in [0.3, 0.4) is 0 Å². The van der Waals surface area contributed by atoms with Crippen molar-refractivity contribution in [2.75, 3.05) is 0 Å². The highest BCUT2D eigenvalue weighted by Gasteiger charge is 2.02. The Balaban J connectivity index is 4.49. The molecule has 0 unspecified atom stereocenters. The summed E-state index contributed by atoms with van der Waals surface area (Å²) >= 11 is 0. The van der Waals surface area contributed by atoms with Gasteiger partial charge in [-0.3, -0.25) is 10.1 Å². The molecule has 0 atom stereocenters. The normalized spacial score (nSPS) is 10.7. The van der Waals surface area contributed by atoms with Crippen LogP contribution in [0.15, 0.2) is 36.6 Å². The molecule has 54 valence electrons. The highest BCUT2D eigenvalue weighted by atomic mass is 16.6. The first-order valence-corrected chi connectivity index (χ1v) is 2.72. The van der Waals surface area contributed by atoms with E-state index in [9.17, 15) is 10.1 Å². The molecule has 0 bridgehead atoms. The monoisotopic (exact) mass is 139 g/mol. The Morgan fingerprint density at radius 1 is 1.70 bits per heavy atom. The zero-order valence-electron chi connectivity index (χ0n) is 5.83. The van der Waals surface area contributed by atoms with Crippen LogP contribution < -0.4 is 0 Å². The van der Waals surface area contributed by atoms with Crippen LogP contribution in [0, 0.1) is 10.1 Å². The summed E-state index contributed by atoms with van der Waals surface area (Å²) in [6, 6.07) is 0. The quantitative estimate of drug-likeness (QED) is 0.340. The van der Waals surface area contributed by atoms with Crippen molar-refractivity contribution in [3.8, 4) is 0 Å². The lowest BCUT2D eigenvalue weighted by molar-refractivity contribution is -0.419. The second-order valence-electron chi connectivity index (χ2n) is 1.88. The van der Waals surface area contributed by atoms with Gasteiger partial charge in [0.2, 0.25) is 0 Å². The van der Waals surface area contributed by atoms with E-state index >= 15 is 0 Å². The van der Waals surface area contributed by atoms with E-state index in [-0.39, 0.29) is 5.70 Å². The molecule has 0 aromatic heterocycles. The molecule has 0 aromatic rings. The minimum Gasteiger partial charge on any atom is -0.258 e. The van der Waals surface area contributed by atoms with Crippen molar-refractivity contribution in [1.29, 1.82) is 0 Å². The van der Waals surface area contributed by atoms with Crippen molar-refractivity contribution < 1.29 is 4.92 Å². The molecule has 0 aliphatic carbocycles. The fraction of sp³-hybridized carbons (Fsp3) is 0.143. The predicted molar refractivity (Wildman–Crippen MR) is 40.1 cm³/mol. The molecule has 0 radical (unpaired) electrons. The van der Waals surface area contributed by atoms with E-state index in [4.69, 9.17) is 0 Å². The molecule has 0 aromatic carbocycles. The van der Waals surface area contributed by atoms with E-state index < -0.39 is 4.92 Å². The molecule has 0 spiro atoms. The van der Waals surface area contributed by atoms with Crippen molar-refractivity contribution >= 4 is 0 Å². The molecule has 3 nitrogen and oxygen atoms in total. The lowest BCUT2D eigenvalue weighted by Gasteiger charge is -1.88. The number of hydrogen-bond donors (Lipinski definition) is 0. The van der Waals surface area contributed by atoms with E-state index in [0.717, 1.165) is 0 Å². The topological polar surface area (TPSA) is 43.1 Å². The van der Waals surface area contributed by atoms with Gasteiger partial charge in [0.25, 0.3) is 5.70 Å². The number of nitro groups is 1. The molecule has 0 aliphatic heterocycles. The van der Waals surface area contributed by atoms with Crippen molar-refractivity contribution in [2.24, 2.45) is 0 Å². The summed E-state index contributed by atoms with van der Waals surface area (Å²) in [6.07, 6.45) is 2.56. The molecular weight excluding hydrogens is 130 g/mol. The molecule has 3 heteroatoms. The van der Waals surface area contributed by atoms with Gasteiger partial charge in [0.15, 0.2) is 0 Å². The van der Waals surface area contributed by atoms with Crippen molar-refractivity contribution in [1.82, 2.24) is 0 Å². The van der Waals surface area contributed by atoms with Gasteiger partial charge >= 0.3 is 0 Å². The smallest absolute Gasteiger partial charge is 0.258 e. The summed E-state index contributed by atoms with van der Waals surface area (Å²) in [4.78, 5) is 9.59. The SMILES string of the molecule is C=C/C(=C\C(=C)C)[N+](=O)[O-]. The Morgan fingerprint density at radius 2 is 2.20 bits per heavy atom. The molecule has 0 N–H and O–H groups in total.